The molecule has 3 atom stereocenters. The van der Waals surface area contributed by atoms with E-state index in [4.69, 9.17) is 5.11 Å². The lowest BCUT2D eigenvalue weighted by Crippen LogP contribution is -2.39. The number of benzene rings is 1. The number of aliphatic hydroxyl groups excluding tert-OH is 1. The standard InChI is InChI=1S/C15H19NO5/c17-11-8-13(15(20)21)16(9-11)12(6-7-14(18)19)10-4-2-1-3-5-10/h1-5,11-13,17H,6-9H2,(H,18,19)(H,20,21)/t11-,12?,13+/m1/s1. The maximum Gasteiger partial charge on any atom is 0.321 e. The Labute approximate surface area is 122 Å². The van der Waals surface area contributed by atoms with Gasteiger partial charge in [0.2, 0.25) is 0 Å². The van der Waals surface area contributed by atoms with E-state index in [9.17, 15) is 19.8 Å². The molecular formula is C15H19NO5. The Balaban J connectivity index is 2.25. The smallest absolute Gasteiger partial charge is 0.321 e. The van der Waals surface area contributed by atoms with Gasteiger partial charge >= 0.3 is 11.9 Å². The molecule has 0 radical (unpaired) electrons. The van der Waals surface area contributed by atoms with Gasteiger partial charge in [0.25, 0.3) is 0 Å². The summed E-state index contributed by atoms with van der Waals surface area (Å²) >= 11 is 0. The number of carboxylic acid groups (broad SMARTS) is 2. The van der Waals surface area contributed by atoms with Crippen molar-refractivity contribution in [2.45, 2.75) is 37.5 Å². The van der Waals surface area contributed by atoms with Crippen LogP contribution < -0.4 is 0 Å². The molecular weight excluding hydrogens is 274 g/mol. The second-order valence-corrected chi connectivity index (χ2v) is 5.30. The van der Waals surface area contributed by atoms with Gasteiger partial charge in [-0.15, -0.1) is 0 Å². The molecule has 6 heteroatoms. The molecule has 21 heavy (non-hydrogen) atoms. The first-order valence-corrected chi connectivity index (χ1v) is 6.92. The Morgan fingerprint density at radius 1 is 1.24 bits per heavy atom. The second-order valence-electron chi connectivity index (χ2n) is 5.30. The summed E-state index contributed by atoms with van der Waals surface area (Å²) in [5.74, 6) is -1.90. The Bertz CT molecular complexity index is 504. The monoisotopic (exact) mass is 293 g/mol. The van der Waals surface area contributed by atoms with E-state index < -0.39 is 24.1 Å². The fourth-order valence-corrected chi connectivity index (χ4v) is 2.88. The van der Waals surface area contributed by atoms with Gasteiger partial charge in [0.1, 0.15) is 6.04 Å². The number of β-amino-alcohol motifs (C(OH)–C–C–N with tert-alkyl or cyclic N) is 1. The van der Waals surface area contributed by atoms with Crippen LogP contribution in [0.15, 0.2) is 30.3 Å². The number of hydrogen-bond acceptors (Lipinski definition) is 4. The molecule has 0 aliphatic carbocycles. The van der Waals surface area contributed by atoms with Crippen molar-refractivity contribution in [2.75, 3.05) is 6.54 Å². The molecule has 2 rings (SSSR count). The van der Waals surface area contributed by atoms with E-state index in [1.807, 2.05) is 30.3 Å². The Hall–Kier alpha value is -1.92. The highest BCUT2D eigenvalue weighted by Gasteiger charge is 2.40. The summed E-state index contributed by atoms with van der Waals surface area (Å²) in [5.41, 5.74) is 0.874. The highest BCUT2D eigenvalue weighted by atomic mass is 16.4. The fourth-order valence-electron chi connectivity index (χ4n) is 2.88. The molecule has 3 N–H and O–H groups in total. The summed E-state index contributed by atoms with van der Waals surface area (Å²) in [6, 6.07) is 8.15. The van der Waals surface area contributed by atoms with E-state index in [-0.39, 0.29) is 25.4 Å². The number of carbonyl (C=O) groups is 2. The van der Waals surface area contributed by atoms with Crippen molar-refractivity contribution in [2.24, 2.45) is 0 Å². The van der Waals surface area contributed by atoms with Crippen LogP contribution in [0.3, 0.4) is 0 Å². The lowest BCUT2D eigenvalue weighted by molar-refractivity contribution is -0.143. The molecule has 1 aliphatic heterocycles. The van der Waals surface area contributed by atoms with Crippen LogP contribution in [0.4, 0.5) is 0 Å². The van der Waals surface area contributed by atoms with Gasteiger partial charge in [-0.2, -0.15) is 0 Å². The average molecular weight is 293 g/mol. The molecule has 1 aromatic rings. The topological polar surface area (TPSA) is 98.1 Å². The summed E-state index contributed by atoms with van der Waals surface area (Å²) in [6.07, 6.45) is -0.248. The van der Waals surface area contributed by atoms with Crippen LogP contribution in [0.2, 0.25) is 0 Å². The number of likely N-dealkylation sites (tertiary alicyclic amines) is 1. The van der Waals surface area contributed by atoms with E-state index in [1.54, 1.807) is 4.90 Å². The quantitative estimate of drug-likeness (QED) is 0.727. The first kappa shape index (κ1) is 15.5. The highest BCUT2D eigenvalue weighted by Crippen LogP contribution is 2.33. The zero-order valence-corrected chi connectivity index (χ0v) is 11.6. The number of nitrogens with zero attached hydrogens (tertiary/aromatic N) is 1. The largest absolute Gasteiger partial charge is 0.481 e. The maximum atomic E-state index is 11.4. The minimum atomic E-state index is -0.984. The normalized spacial score (nSPS) is 23.9. The van der Waals surface area contributed by atoms with Gasteiger partial charge in [-0.3, -0.25) is 14.5 Å². The highest BCUT2D eigenvalue weighted by molar-refractivity contribution is 5.74. The van der Waals surface area contributed by atoms with Crippen molar-refractivity contribution in [3.63, 3.8) is 0 Å². The van der Waals surface area contributed by atoms with Crippen molar-refractivity contribution in [1.29, 1.82) is 0 Å². The van der Waals surface area contributed by atoms with Crippen LogP contribution >= 0.6 is 0 Å². The van der Waals surface area contributed by atoms with Crippen LogP contribution in [0.25, 0.3) is 0 Å². The molecule has 114 valence electrons. The molecule has 0 aromatic heterocycles. The predicted molar refractivity (Wildman–Crippen MR) is 74.8 cm³/mol. The van der Waals surface area contributed by atoms with Crippen molar-refractivity contribution in [1.82, 2.24) is 4.90 Å². The van der Waals surface area contributed by atoms with Crippen LogP contribution in [0.5, 0.6) is 0 Å². The lowest BCUT2D eigenvalue weighted by atomic mass is 9.99. The number of aliphatic hydroxyl groups is 1. The van der Waals surface area contributed by atoms with Crippen molar-refractivity contribution in [3.05, 3.63) is 35.9 Å². The third kappa shape index (κ3) is 3.80. The van der Waals surface area contributed by atoms with Gasteiger partial charge in [0, 0.05) is 25.4 Å². The summed E-state index contributed by atoms with van der Waals surface area (Å²) < 4.78 is 0. The van der Waals surface area contributed by atoms with Crippen LogP contribution in [-0.2, 0) is 9.59 Å². The average Bonchev–Trinajstić information content (AvgIpc) is 2.82. The predicted octanol–water partition coefficient (Wildman–Crippen LogP) is 1.11. The molecule has 1 fully saturated rings. The van der Waals surface area contributed by atoms with Gasteiger partial charge in [0.05, 0.1) is 6.10 Å². The third-order valence-electron chi connectivity index (χ3n) is 3.82. The maximum absolute atomic E-state index is 11.4. The number of hydrogen-bond donors (Lipinski definition) is 3. The van der Waals surface area contributed by atoms with Gasteiger partial charge in [-0.05, 0) is 12.0 Å². The molecule has 6 nitrogen and oxygen atoms in total. The summed E-state index contributed by atoms with van der Waals surface area (Å²) in [5, 5.41) is 28.0. The number of rotatable bonds is 6. The van der Waals surface area contributed by atoms with Gasteiger partial charge in [-0.25, -0.2) is 0 Å². The molecule has 1 saturated heterocycles. The molecule has 1 unspecified atom stereocenters. The molecule has 0 spiro atoms. The molecule has 1 aromatic carbocycles. The van der Waals surface area contributed by atoms with E-state index in [0.717, 1.165) is 5.56 Å². The zero-order chi connectivity index (χ0) is 15.4. The molecule has 1 aliphatic rings. The Morgan fingerprint density at radius 2 is 1.90 bits per heavy atom. The van der Waals surface area contributed by atoms with Crippen molar-refractivity contribution >= 4 is 11.9 Å². The minimum absolute atomic E-state index is 0.0432. The van der Waals surface area contributed by atoms with E-state index in [2.05, 4.69) is 0 Å². The first-order chi connectivity index (χ1) is 9.99. The SMILES string of the molecule is O=C(O)CCC(c1ccccc1)N1C[C@H](O)C[C@H]1C(=O)O. The molecule has 1 heterocycles. The van der Waals surface area contributed by atoms with Gasteiger partial charge < -0.3 is 15.3 Å². The second kappa shape index (κ2) is 6.69. The van der Waals surface area contributed by atoms with Gasteiger partial charge in [-0.1, -0.05) is 30.3 Å². The molecule has 0 bridgehead atoms. The van der Waals surface area contributed by atoms with Gasteiger partial charge in [0.15, 0.2) is 0 Å². The fraction of sp³-hybridized carbons (Fsp3) is 0.467. The first-order valence-electron chi connectivity index (χ1n) is 6.92. The van der Waals surface area contributed by atoms with E-state index >= 15 is 0 Å². The van der Waals surface area contributed by atoms with Crippen molar-refractivity contribution in [3.8, 4) is 0 Å². The van der Waals surface area contributed by atoms with E-state index in [1.165, 1.54) is 0 Å². The van der Waals surface area contributed by atoms with Crippen LogP contribution in [0, 0.1) is 0 Å². The third-order valence-corrected chi connectivity index (χ3v) is 3.82. The summed E-state index contributed by atoms with van der Waals surface area (Å²) in [4.78, 5) is 23.9. The Morgan fingerprint density at radius 3 is 2.48 bits per heavy atom. The Kier molecular flexibility index (Phi) is 4.93. The number of aliphatic carboxylic acids is 2. The zero-order valence-electron chi connectivity index (χ0n) is 11.6. The van der Waals surface area contributed by atoms with Crippen LogP contribution in [-0.4, -0.2) is 50.8 Å². The molecule has 0 amide bonds. The van der Waals surface area contributed by atoms with Crippen molar-refractivity contribution < 1.29 is 24.9 Å². The minimum Gasteiger partial charge on any atom is -0.481 e. The number of carboxylic acids is 2. The summed E-state index contributed by atoms with van der Waals surface area (Å²) in [7, 11) is 0. The lowest BCUT2D eigenvalue weighted by Gasteiger charge is -2.31. The van der Waals surface area contributed by atoms with E-state index in [0.29, 0.717) is 6.42 Å². The summed E-state index contributed by atoms with van der Waals surface area (Å²) in [6.45, 7) is 0.246. The van der Waals surface area contributed by atoms with Crippen LogP contribution in [0.1, 0.15) is 30.9 Å². The molecule has 0 saturated carbocycles.